The monoisotopic (exact) mass is 179 g/mol. The first-order valence-corrected chi connectivity index (χ1v) is 4.08. The van der Waals surface area contributed by atoms with Gasteiger partial charge in [0.1, 0.15) is 5.76 Å². The number of aryl methyl sites for hydroxylation is 1. The fraction of sp³-hybridized carbons (Fsp3) is 0.300. The van der Waals surface area contributed by atoms with Gasteiger partial charge in [0, 0.05) is 6.54 Å². The maximum absolute atomic E-state index is 11.3. The van der Waals surface area contributed by atoms with Crippen LogP contribution in [0.2, 0.25) is 0 Å². The molecule has 0 aliphatic carbocycles. The van der Waals surface area contributed by atoms with E-state index < -0.39 is 0 Å². The third-order valence-electron chi connectivity index (χ3n) is 1.51. The van der Waals surface area contributed by atoms with Crippen LogP contribution in [-0.4, -0.2) is 12.5 Å². The minimum Gasteiger partial charge on any atom is -0.456 e. The molecule has 0 fully saturated rings. The fourth-order valence-electron chi connectivity index (χ4n) is 0.875. The van der Waals surface area contributed by atoms with Crippen LogP contribution in [-0.2, 0) is 0 Å². The van der Waals surface area contributed by atoms with E-state index >= 15 is 0 Å². The van der Waals surface area contributed by atoms with Crippen LogP contribution in [0.3, 0.4) is 0 Å². The summed E-state index contributed by atoms with van der Waals surface area (Å²) in [6.07, 6.45) is 0. The molecule has 1 aromatic rings. The Morgan fingerprint density at radius 3 is 2.77 bits per heavy atom. The van der Waals surface area contributed by atoms with Crippen LogP contribution >= 0.6 is 0 Å². The van der Waals surface area contributed by atoms with Gasteiger partial charge in [-0.05, 0) is 26.0 Å². The zero-order valence-corrected chi connectivity index (χ0v) is 7.89. The molecule has 0 radical (unpaired) electrons. The predicted molar refractivity (Wildman–Crippen MR) is 50.6 cm³/mol. The Balaban J connectivity index is 2.54. The van der Waals surface area contributed by atoms with Gasteiger partial charge in [0.2, 0.25) is 0 Å². The van der Waals surface area contributed by atoms with Gasteiger partial charge in [-0.25, -0.2) is 0 Å². The summed E-state index contributed by atoms with van der Waals surface area (Å²) < 4.78 is 5.14. The lowest BCUT2D eigenvalue weighted by molar-refractivity contribution is 0.0928. The Kier molecular flexibility index (Phi) is 2.90. The first kappa shape index (κ1) is 9.58. The average molecular weight is 179 g/mol. The molecular weight excluding hydrogens is 166 g/mol. The maximum Gasteiger partial charge on any atom is 0.287 e. The van der Waals surface area contributed by atoms with Crippen molar-refractivity contribution in [2.24, 2.45) is 0 Å². The van der Waals surface area contributed by atoms with Crippen LogP contribution < -0.4 is 5.32 Å². The van der Waals surface area contributed by atoms with Crippen molar-refractivity contribution in [3.8, 4) is 0 Å². The van der Waals surface area contributed by atoms with Crippen LogP contribution in [0, 0.1) is 6.92 Å². The zero-order chi connectivity index (χ0) is 9.84. The van der Waals surface area contributed by atoms with Crippen molar-refractivity contribution in [2.45, 2.75) is 13.8 Å². The summed E-state index contributed by atoms with van der Waals surface area (Å²) in [5, 5.41) is 2.68. The van der Waals surface area contributed by atoms with E-state index in [2.05, 4.69) is 11.9 Å². The topological polar surface area (TPSA) is 42.2 Å². The van der Waals surface area contributed by atoms with Gasteiger partial charge in [-0.3, -0.25) is 4.79 Å². The molecule has 13 heavy (non-hydrogen) atoms. The van der Waals surface area contributed by atoms with Crippen molar-refractivity contribution in [3.05, 3.63) is 35.8 Å². The van der Waals surface area contributed by atoms with E-state index in [1.54, 1.807) is 19.1 Å². The van der Waals surface area contributed by atoms with E-state index in [9.17, 15) is 4.79 Å². The molecule has 0 aromatic carbocycles. The van der Waals surface area contributed by atoms with E-state index in [1.807, 2.05) is 6.92 Å². The molecule has 0 saturated heterocycles. The first-order valence-electron chi connectivity index (χ1n) is 4.08. The van der Waals surface area contributed by atoms with Crippen LogP contribution in [0.25, 0.3) is 0 Å². The Bertz CT molecular complexity index is 325. The standard InChI is InChI=1S/C10H13NO2/c1-7(2)6-11-10(12)9-5-4-8(3)13-9/h4-5H,1,6H2,2-3H3,(H,11,12). The second-order valence-electron chi connectivity index (χ2n) is 3.05. The number of amides is 1. The van der Waals surface area contributed by atoms with Crippen LogP contribution in [0.5, 0.6) is 0 Å². The third-order valence-corrected chi connectivity index (χ3v) is 1.51. The van der Waals surface area contributed by atoms with E-state index in [-0.39, 0.29) is 5.91 Å². The highest BCUT2D eigenvalue weighted by atomic mass is 16.3. The lowest BCUT2D eigenvalue weighted by Crippen LogP contribution is -2.24. The molecule has 0 spiro atoms. The van der Waals surface area contributed by atoms with Gasteiger partial charge in [-0.15, -0.1) is 0 Å². The van der Waals surface area contributed by atoms with Gasteiger partial charge in [0.25, 0.3) is 5.91 Å². The summed E-state index contributed by atoms with van der Waals surface area (Å²) >= 11 is 0. The molecule has 0 aliphatic heterocycles. The van der Waals surface area contributed by atoms with E-state index in [0.29, 0.717) is 12.3 Å². The first-order chi connectivity index (χ1) is 6.09. The summed E-state index contributed by atoms with van der Waals surface area (Å²) in [4.78, 5) is 11.3. The van der Waals surface area contributed by atoms with Crippen molar-refractivity contribution in [1.29, 1.82) is 0 Å². The van der Waals surface area contributed by atoms with Gasteiger partial charge in [0.15, 0.2) is 5.76 Å². The van der Waals surface area contributed by atoms with E-state index in [0.717, 1.165) is 11.3 Å². The number of rotatable bonds is 3. The van der Waals surface area contributed by atoms with Gasteiger partial charge < -0.3 is 9.73 Å². The van der Waals surface area contributed by atoms with Gasteiger partial charge >= 0.3 is 0 Å². The lowest BCUT2D eigenvalue weighted by Gasteiger charge is -2.00. The smallest absolute Gasteiger partial charge is 0.287 e. The van der Waals surface area contributed by atoms with E-state index in [4.69, 9.17) is 4.42 Å². The number of carbonyl (C=O) groups is 1. The summed E-state index contributed by atoms with van der Waals surface area (Å²) in [6, 6.07) is 3.42. The van der Waals surface area contributed by atoms with Crippen molar-refractivity contribution >= 4 is 5.91 Å². The fourth-order valence-corrected chi connectivity index (χ4v) is 0.875. The number of nitrogens with one attached hydrogen (secondary N) is 1. The van der Waals surface area contributed by atoms with Crippen molar-refractivity contribution in [1.82, 2.24) is 5.32 Å². The Labute approximate surface area is 77.4 Å². The van der Waals surface area contributed by atoms with Gasteiger partial charge in [-0.1, -0.05) is 12.2 Å². The van der Waals surface area contributed by atoms with Crippen molar-refractivity contribution in [3.63, 3.8) is 0 Å². The lowest BCUT2D eigenvalue weighted by atomic mass is 10.3. The molecule has 1 rings (SSSR count). The molecule has 70 valence electrons. The highest BCUT2D eigenvalue weighted by Crippen LogP contribution is 2.05. The van der Waals surface area contributed by atoms with Crippen LogP contribution in [0.1, 0.15) is 23.2 Å². The molecule has 0 atom stereocenters. The van der Waals surface area contributed by atoms with Crippen LogP contribution in [0.4, 0.5) is 0 Å². The molecule has 1 heterocycles. The predicted octanol–water partition coefficient (Wildman–Crippen LogP) is 1.89. The summed E-state index contributed by atoms with van der Waals surface area (Å²) in [7, 11) is 0. The molecule has 0 bridgehead atoms. The van der Waals surface area contributed by atoms with Crippen molar-refractivity contribution < 1.29 is 9.21 Å². The number of furan rings is 1. The van der Waals surface area contributed by atoms with Gasteiger partial charge in [-0.2, -0.15) is 0 Å². The zero-order valence-electron chi connectivity index (χ0n) is 7.89. The Hall–Kier alpha value is -1.51. The SMILES string of the molecule is C=C(C)CNC(=O)c1ccc(C)o1. The Morgan fingerprint density at radius 2 is 2.31 bits per heavy atom. The van der Waals surface area contributed by atoms with Crippen LogP contribution in [0.15, 0.2) is 28.7 Å². The molecule has 3 nitrogen and oxygen atoms in total. The highest BCUT2D eigenvalue weighted by molar-refractivity contribution is 5.91. The molecule has 1 aromatic heterocycles. The minimum absolute atomic E-state index is 0.198. The normalized spacial score (nSPS) is 9.69. The second-order valence-corrected chi connectivity index (χ2v) is 3.05. The van der Waals surface area contributed by atoms with Crippen molar-refractivity contribution in [2.75, 3.05) is 6.54 Å². The molecule has 1 amide bonds. The Morgan fingerprint density at radius 1 is 1.62 bits per heavy atom. The largest absolute Gasteiger partial charge is 0.456 e. The number of carbonyl (C=O) groups excluding carboxylic acids is 1. The molecule has 0 aliphatic rings. The summed E-state index contributed by atoms with van der Waals surface area (Å²) in [5.74, 6) is 0.885. The molecule has 0 saturated carbocycles. The molecule has 3 heteroatoms. The molecular formula is C10H13NO2. The number of hydrogen-bond donors (Lipinski definition) is 1. The maximum atomic E-state index is 11.3. The molecule has 1 N–H and O–H groups in total. The molecule has 0 unspecified atom stereocenters. The van der Waals surface area contributed by atoms with E-state index in [1.165, 1.54) is 0 Å². The average Bonchev–Trinajstić information content (AvgIpc) is 2.47. The minimum atomic E-state index is -0.198. The third kappa shape index (κ3) is 2.78. The number of hydrogen-bond acceptors (Lipinski definition) is 2. The van der Waals surface area contributed by atoms with Gasteiger partial charge in [0.05, 0.1) is 0 Å². The second kappa shape index (κ2) is 3.94. The quantitative estimate of drug-likeness (QED) is 0.720. The highest BCUT2D eigenvalue weighted by Gasteiger charge is 2.08. The summed E-state index contributed by atoms with van der Waals surface area (Å²) in [5.41, 5.74) is 0.914. The summed E-state index contributed by atoms with van der Waals surface area (Å²) in [6.45, 7) is 7.82.